The molecule has 23 heavy (non-hydrogen) atoms. The minimum atomic E-state index is -0.650. The third kappa shape index (κ3) is 3.51. The standard InChI is InChI=1S/C16H22BFO5/c1-10-7-11(17-22-15(2,3)16(4,5)23-17)8-12(18)14(10)21-9-13(19)20-6/h7-8H,9H2,1-6H3. The van der Waals surface area contributed by atoms with Crippen LogP contribution in [0.1, 0.15) is 33.3 Å². The van der Waals surface area contributed by atoms with Crippen molar-refractivity contribution in [3.63, 3.8) is 0 Å². The molecule has 1 aliphatic rings. The van der Waals surface area contributed by atoms with Crippen LogP contribution in [-0.2, 0) is 18.8 Å². The molecule has 1 aliphatic heterocycles. The number of carbonyl (C=O) groups excluding carboxylic acids is 1. The number of ether oxygens (including phenoxy) is 2. The molecule has 0 radical (unpaired) electrons. The van der Waals surface area contributed by atoms with Gasteiger partial charge < -0.3 is 18.8 Å². The number of halogens is 1. The summed E-state index contributed by atoms with van der Waals surface area (Å²) in [6.45, 7) is 9.09. The summed E-state index contributed by atoms with van der Waals surface area (Å²) in [7, 11) is 0.596. The predicted molar refractivity (Wildman–Crippen MR) is 84.4 cm³/mol. The Bertz CT molecular complexity index is 575. The van der Waals surface area contributed by atoms with Gasteiger partial charge in [0.25, 0.3) is 0 Å². The number of aryl methyl sites for hydroxylation is 1. The number of methoxy groups -OCH3 is 1. The van der Waals surface area contributed by atoms with Gasteiger partial charge in [-0.05, 0) is 51.7 Å². The second kappa shape index (κ2) is 6.13. The highest BCUT2D eigenvalue weighted by Crippen LogP contribution is 2.36. The summed E-state index contributed by atoms with van der Waals surface area (Å²) in [5, 5.41) is 0. The highest BCUT2D eigenvalue weighted by molar-refractivity contribution is 6.62. The first kappa shape index (κ1) is 17.8. The lowest BCUT2D eigenvalue weighted by Crippen LogP contribution is -2.41. The summed E-state index contributed by atoms with van der Waals surface area (Å²) in [4.78, 5) is 11.1. The van der Waals surface area contributed by atoms with E-state index in [-0.39, 0.29) is 12.4 Å². The Morgan fingerprint density at radius 2 is 1.78 bits per heavy atom. The molecule has 0 saturated carbocycles. The van der Waals surface area contributed by atoms with Gasteiger partial charge in [-0.25, -0.2) is 9.18 Å². The Hall–Kier alpha value is -1.60. The molecule has 0 unspecified atom stereocenters. The number of hydrogen-bond donors (Lipinski definition) is 0. The number of hydrogen-bond acceptors (Lipinski definition) is 5. The van der Waals surface area contributed by atoms with Crippen LogP contribution in [0.3, 0.4) is 0 Å². The predicted octanol–water partition coefficient (Wildman–Crippen LogP) is 1.99. The van der Waals surface area contributed by atoms with E-state index in [2.05, 4.69) is 4.74 Å². The van der Waals surface area contributed by atoms with Crippen LogP contribution in [0.25, 0.3) is 0 Å². The van der Waals surface area contributed by atoms with Crippen LogP contribution in [0, 0.1) is 12.7 Å². The van der Waals surface area contributed by atoms with Gasteiger partial charge in [-0.15, -0.1) is 0 Å². The van der Waals surface area contributed by atoms with Gasteiger partial charge in [-0.2, -0.15) is 0 Å². The minimum absolute atomic E-state index is 0.0238. The van der Waals surface area contributed by atoms with Crippen LogP contribution in [0.2, 0.25) is 0 Å². The molecule has 2 rings (SSSR count). The fraction of sp³-hybridized carbons (Fsp3) is 0.562. The van der Waals surface area contributed by atoms with E-state index in [4.69, 9.17) is 14.0 Å². The molecule has 0 spiro atoms. The highest BCUT2D eigenvalue weighted by Gasteiger charge is 2.51. The molecule has 0 amide bonds. The summed E-state index contributed by atoms with van der Waals surface area (Å²) in [5.74, 6) is -1.12. The number of esters is 1. The average Bonchev–Trinajstić information content (AvgIpc) is 2.66. The minimum Gasteiger partial charge on any atom is -0.479 e. The van der Waals surface area contributed by atoms with Crippen molar-refractivity contribution in [1.82, 2.24) is 0 Å². The van der Waals surface area contributed by atoms with E-state index in [1.807, 2.05) is 27.7 Å². The van der Waals surface area contributed by atoms with Gasteiger partial charge in [-0.3, -0.25) is 0 Å². The van der Waals surface area contributed by atoms with Gasteiger partial charge in [0.15, 0.2) is 18.2 Å². The zero-order chi connectivity index (χ0) is 17.4. The first-order valence-corrected chi connectivity index (χ1v) is 7.42. The van der Waals surface area contributed by atoms with E-state index < -0.39 is 30.1 Å². The second-order valence-electron chi connectivity index (χ2n) is 6.60. The van der Waals surface area contributed by atoms with Crippen LogP contribution >= 0.6 is 0 Å². The third-order valence-corrected chi connectivity index (χ3v) is 4.34. The monoisotopic (exact) mass is 324 g/mol. The van der Waals surface area contributed by atoms with Gasteiger partial charge in [0.2, 0.25) is 0 Å². The van der Waals surface area contributed by atoms with Crippen molar-refractivity contribution in [2.45, 2.75) is 45.8 Å². The molecule has 0 aromatic heterocycles. The Balaban J connectivity index is 2.22. The fourth-order valence-corrected chi connectivity index (χ4v) is 2.25. The number of benzene rings is 1. The lowest BCUT2D eigenvalue weighted by atomic mass is 9.78. The molecular formula is C16H22BFO5. The summed E-state index contributed by atoms with van der Waals surface area (Å²) >= 11 is 0. The quantitative estimate of drug-likeness (QED) is 0.626. The largest absolute Gasteiger partial charge is 0.494 e. The van der Waals surface area contributed by atoms with Crippen molar-refractivity contribution in [2.75, 3.05) is 13.7 Å². The molecule has 0 aliphatic carbocycles. The summed E-state index contributed by atoms with van der Waals surface area (Å²) < 4.78 is 35.8. The Morgan fingerprint density at radius 1 is 1.22 bits per heavy atom. The molecule has 1 heterocycles. The molecule has 0 N–H and O–H groups in total. The van der Waals surface area contributed by atoms with E-state index in [0.717, 1.165) is 0 Å². The summed E-state index contributed by atoms with van der Waals surface area (Å²) in [6, 6.07) is 3.04. The molecule has 0 bridgehead atoms. The van der Waals surface area contributed by atoms with Crippen molar-refractivity contribution < 1.29 is 28.0 Å². The molecule has 0 atom stereocenters. The first-order valence-electron chi connectivity index (χ1n) is 7.42. The van der Waals surface area contributed by atoms with Gasteiger partial charge in [0, 0.05) is 0 Å². The fourth-order valence-electron chi connectivity index (χ4n) is 2.25. The second-order valence-corrected chi connectivity index (χ2v) is 6.60. The Morgan fingerprint density at radius 3 is 2.26 bits per heavy atom. The van der Waals surface area contributed by atoms with Crippen molar-refractivity contribution in [1.29, 1.82) is 0 Å². The van der Waals surface area contributed by atoms with Crippen molar-refractivity contribution in [3.8, 4) is 5.75 Å². The molecule has 1 aromatic carbocycles. The van der Waals surface area contributed by atoms with Crippen molar-refractivity contribution >= 4 is 18.6 Å². The molecular weight excluding hydrogens is 302 g/mol. The van der Waals surface area contributed by atoms with Gasteiger partial charge in [-0.1, -0.05) is 6.07 Å². The smallest absolute Gasteiger partial charge is 0.479 e. The maximum Gasteiger partial charge on any atom is 0.494 e. The van der Waals surface area contributed by atoms with Crippen molar-refractivity contribution in [2.24, 2.45) is 0 Å². The number of rotatable bonds is 4. The maximum absolute atomic E-state index is 14.3. The average molecular weight is 324 g/mol. The number of carbonyl (C=O) groups is 1. The van der Waals surface area contributed by atoms with Gasteiger partial charge in [0.1, 0.15) is 0 Å². The Labute approximate surface area is 136 Å². The van der Waals surface area contributed by atoms with Crippen LogP contribution < -0.4 is 10.2 Å². The Kier molecular flexibility index (Phi) is 4.73. The van der Waals surface area contributed by atoms with Gasteiger partial charge >= 0.3 is 13.1 Å². The molecule has 1 saturated heterocycles. The van der Waals surface area contributed by atoms with Crippen LogP contribution in [0.4, 0.5) is 4.39 Å². The van der Waals surface area contributed by atoms with E-state index >= 15 is 0 Å². The topological polar surface area (TPSA) is 54.0 Å². The molecule has 126 valence electrons. The molecule has 7 heteroatoms. The van der Waals surface area contributed by atoms with E-state index in [0.29, 0.717) is 11.0 Å². The molecule has 1 fully saturated rings. The summed E-state index contributed by atoms with van der Waals surface area (Å²) in [6.07, 6.45) is 0. The zero-order valence-electron chi connectivity index (χ0n) is 14.4. The van der Waals surface area contributed by atoms with Crippen LogP contribution in [0.15, 0.2) is 12.1 Å². The lowest BCUT2D eigenvalue weighted by molar-refractivity contribution is -0.142. The van der Waals surface area contributed by atoms with Gasteiger partial charge in [0.05, 0.1) is 18.3 Å². The van der Waals surface area contributed by atoms with E-state index in [9.17, 15) is 9.18 Å². The normalized spacial score (nSPS) is 18.8. The maximum atomic E-state index is 14.3. The summed E-state index contributed by atoms with van der Waals surface area (Å²) in [5.41, 5.74) is 0.132. The lowest BCUT2D eigenvalue weighted by Gasteiger charge is -2.32. The van der Waals surface area contributed by atoms with E-state index in [1.54, 1.807) is 13.0 Å². The first-order chi connectivity index (χ1) is 10.6. The van der Waals surface area contributed by atoms with Crippen molar-refractivity contribution in [3.05, 3.63) is 23.5 Å². The van der Waals surface area contributed by atoms with Crippen LogP contribution in [-0.4, -0.2) is 38.0 Å². The van der Waals surface area contributed by atoms with E-state index in [1.165, 1.54) is 13.2 Å². The third-order valence-electron chi connectivity index (χ3n) is 4.34. The zero-order valence-corrected chi connectivity index (χ0v) is 14.4. The molecule has 1 aromatic rings. The van der Waals surface area contributed by atoms with Crippen LogP contribution in [0.5, 0.6) is 5.75 Å². The highest BCUT2D eigenvalue weighted by atomic mass is 19.1. The molecule has 5 nitrogen and oxygen atoms in total. The SMILES string of the molecule is COC(=O)COc1c(C)cc(B2OC(C)(C)C(C)(C)O2)cc1F.